The Morgan fingerprint density at radius 1 is 0.765 bits per heavy atom. The fourth-order valence-electron chi connectivity index (χ4n) is 1.26. The summed E-state index contributed by atoms with van der Waals surface area (Å²) in [5.74, 6) is 0. The van der Waals surface area contributed by atoms with Crippen molar-refractivity contribution in [1.82, 2.24) is 0 Å². The molecule has 2 N–H and O–H groups in total. The lowest BCUT2D eigenvalue weighted by atomic mass is 10.1. The van der Waals surface area contributed by atoms with Crippen LogP contribution in [0.15, 0.2) is 60.7 Å². The molecule has 2 aromatic carbocycles. The van der Waals surface area contributed by atoms with Gasteiger partial charge in [-0.1, -0.05) is 60.7 Å². The first-order chi connectivity index (χ1) is 7.97. The van der Waals surface area contributed by atoms with Crippen molar-refractivity contribution in [2.24, 2.45) is 5.14 Å². The Bertz CT molecular complexity index is 491. The van der Waals surface area contributed by atoms with Crippen LogP contribution < -0.4 is 5.14 Å². The van der Waals surface area contributed by atoms with Crippen LogP contribution >= 0.6 is 0 Å². The number of hydrogen-bond acceptors (Lipinski definition) is 2. The molecule has 0 radical (unpaired) electrons. The van der Waals surface area contributed by atoms with Crippen LogP contribution in [0.2, 0.25) is 0 Å². The molecule has 0 atom stereocenters. The summed E-state index contributed by atoms with van der Waals surface area (Å²) in [5, 5.41) is 4.33. The molecular weight excluding hydrogens is 234 g/mol. The van der Waals surface area contributed by atoms with E-state index in [9.17, 15) is 8.42 Å². The van der Waals surface area contributed by atoms with E-state index in [2.05, 4.69) is 53.7 Å². The molecule has 0 spiro atoms. The molecule has 2 rings (SSSR count). The highest BCUT2D eigenvalue weighted by Crippen LogP contribution is 2.17. The molecule has 0 aromatic heterocycles. The average Bonchev–Trinajstić information content (AvgIpc) is 2.29. The van der Waals surface area contributed by atoms with E-state index in [1.54, 1.807) is 0 Å². The summed E-state index contributed by atoms with van der Waals surface area (Å²) >= 11 is 0. The molecule has 0 amide bonds. The van der Waals surface area contributed by atoms with Gasteiger partial charge in [-0.15, -0.1) is 0 Å². The SMILES string of the molecule is CS(N)(=O)=O.c1ccc(-c2ccccc2)cc1. The molecule has 0 bridgehead atoms. The third kappa shape index (κ3) is 6.50. The van der Waals surface area contributed by atoms with Gasteiger partial charge in [0, 0.05) is 0 Å². The standard InChI is InChI=1S/C12H10.CH5NO2S/c1-3-7-11(8-4-1)12-9-5-2-6-10-12;1-5(2,3)4/h1-10H;1H3,(H2,2,3,4). The molecule has 17 heavy (non-hydrogen) atoms. The van der Waals surface area contributed by atoms with Crippen LogP contribution in [0.5, 0.6) is 0 Å². The Labute approximate surface area is 102 Å². The summed E-state index contributed by atoms with van der Waals surface area (Å²) in [4.78, 5) is 0. The van der Waals surface area contributed by atoms with Gasteiger partial charge in [-0.25, -0.2) is 13.6 Å². The Morgan fingerprint density at radius 2 is 1.00 bits per heavy atom. The highest BCUT2D eigenvalue weighted by molar-refractivity contribution is 7.88. The molecule has 0 aliphatic rings. The van der Waals surface area contributed by atoms with E-state index in [1.807, 2.05) is 12.1 Å². The maximum absolute atomic E-state index is 9.41. The number of benzene rings is 2. The van der Waals surface area contributed by atoms with Crippen molar-refractivity contribution >= 4 is 10.0 Å². The second-order valence-electron chi connectivity index (χ2n) is 3.56. The zero-order valence-electron chi connectivity index (χ0n) is 9.58. The number of primary sulfonamides is 1. The van der Waals surface area contributed by atoms with Crippen LogP contribution in [0.1, 0.15) is 0 Å². The van der Waals surface area contributed by atoms with E-state index < -0.39 is 10.0 Å². The smallest absolute Gasteiger partial charge is 0.206 e. The fraction of sp³-hybridized carbons (Fsp3) is 0.0769. The summed E-state index contributed by atoms with van der Waals surface area (Å²) in [7, 11) is -3.17. The van der Waals surface area contributed by atoms with Gasteiger partial charge in [0.1, 0.15) is 0 Å². The van der Waals surface area contributed by atoms with Gasteiger partial charge >= 0.3 is 0 Å². The van der Waals surface area contributed by atoms with Gasteiger partial charge in [0.15, 0.2) is 0 Å². The van der Waals surface area contributed by atoms with Gasteiger partial charge < -0.3 is 0 Å². The lowest BCUT2D eigenvalue weighted by Crippen LogP contribution is -2.07. The normalized spacial score (nSPS) is 10.2. The second kappa shape index (κ2) is 6.18. The average molecular weight is 249 g/mol. The molecule has 2 aromatic rings. The quantitative estimate of drug-likeness (QED) is 0.842. The second-order valence-corrected chi connectivity index (χ2v) is 5.22. The monoisotopic (exact) mass is 249 g/mol. The highest BCUT2D eigenvalue weighted by Gasteiger charge is 1.91. The minimum absolute atomic E-state index is 0.938. The Hall–Kier alpha value is -1.65. The van der Waals surface area contributed by atoms with Gasteiger partial charge in [0.05, 0.1) is 6.26 Å². The van der Waals surface area contributed by atoms with Crippen LogP contribution in [-0.2, 0) is 10.0 Å². The number of nitrogens with two attached hydrogens (primary N) is 1. The van der Waals surface area contributed by atoms with Crippen molar-refractivity contribution in [3.63, 3.8) is 0 Å². The lowest BCUT2D eigenvalue weighted by Gasteiger charge is -1.98. The van der Waals surface area contributed by atoms with E-state index in [0.717, 1.165) is 6.26 Å². The highest BCUT2D eigenvalue weighted by atomic mass is 32.2. The Morgan fingerprint density at radius 3 is 1.24 bits per heavy atom. The molecule has 0 aliphatic carbocycles. The van der Waals surface area contributed by atoms with E-state index in [-0.39, 0.29) is 0 Å². The van der Waals surface area contributed by atoms with E-state index in [1.165, 1.54) is 11.1 Å². The maximum Gasteiger partial charge on any atom is 0.206 e. The van der Waals surface area contributed by atoms with Gasteiger partial charge in [-0.05, 0) is 11.1 Å². The first kappa shape index (κ1) is 13.4. The summed E-state index contributed by atoms with van der Waals surface area (Å²) in [6, 6.07) is 20.8. The molecule has 0 heterocycles. The summed E-state index contributed by atoms with van der Waals surface area (Å²) < 4.78 is 18.8. The predicted octanol–water partition coefficient (Wildman–Crippen LogP) is 2.26. The van der Waals surface area contributed by atoms with Crippen molar-refractivity contribution in [2.75, 3.05) is 6.26 Å². The molecule has 0 saturated carbocycles. The number of sulfonamides is 1. The van der Waals surface area contributed by atoms with Crippen molar-refractivity contribution in [1.29, 1.82) is 0 Å². The molecule has 0 aliphatic heterocycles. The van der Waals surface area contributed by atoms with Gasteiger partial charge in [0.2, 0.25) is 10.0 Å². The van der Waals surface area contributed by atoms with Crippen molar-refractivity contribution in [2.45, 2.75) is 0 Å². The molecule has 90 valence electrons. The van der Waals surface area contributed by atoms with Gasteiger partial charge in [-0.2, -0.15) is 0 Å². The van der Waals surface area contributed by atoms with E-state index in [0.29, 0.717) is 0 Å². The van der Waals surface area contributed by atoms with E-state index in [4.69, 9.17) is 0 Å². The van der Waals surface area contributed by atoms with Crippen molar-refractivity contribution in [3.05, 3.63) is 60.7 Å². The number of rotatable bonds is 1. The molecule has 0 unspecified atom stereocenters. The van der Waals surface area contributed by atoms with Crippen LogP contribution in [0.4, 0.5) is 0 Å². The first-order valence-corrected chi connectivity index (χ1v) is 7.00. The van der Waals surface area contributed by atoms with Gasteiger partial charge in [0.25, 0.3) is 0 Å². The summed E-state index contributed by atoms with van der Waals surface area (Å²) in [5.41, 5.74) is 2.55. The van der Waals surface area contributed by atoms with Crippen LogP contribution in [0.25, 0.3) is 11.1 Å². The molecular formula is C13H15NO2S. The van der Waals surface area contributed by atoms with Crippen molar-refractivity contribution < 1.29 is 8.42 Å². The molecule has 4 heteroatoms. The third-order valence-corrected chi connectivity index (χ3v) is 1.88. The number of hydrogen-bond donors (Lipinski definition) is 1. The molecule has 0 saturated heterocycles. The zero-order chi connectivity index (χ0) is 12.7. The fourth-order valence-corrected chi connectivity index (χ4v) is 1.26. The first-order valence-electron chi connectivity index (χ1n) is 5.05. The Balaban J connectivity index is 0.000000249. The topological polar surface area (TPSA) is 60.2 Å². The summed E-state index contributed by atoms with van der Waals surface area (Å²) in [6.45, 7) is 0. The minimum atomic E-state index is -3.17. The maximum atomic E-state index is 9.41. The van der Waals surface area contributed by atoms with Crippen LogP contribution in [0, 0.1) is 0 Å². The van der Waals surface area contributed by atoms with E-state index >= 15 is 0 Å². The largest absolute Gasteiger partial charge is 0.229 e. The molecule has 3 nitrogen and oxygen atoms in total. The minimum Gasteiger partial charge on any atom is -0.229 e. The zero-order valence-corrected chi connectivity index (χ0v) is 10.4. The third-order valence-electron chi connectivity index (χ3n) is 1.88. The van der Waals surface area contributed by atoms with Crippen molar-refractivity contribution in [3.8, 4) is 11.1 Å². The Kier molecular flexibility index (Phi) is 4.87. The molecule has 0 fully saturated rings. The van der Waals surface area contributed by atoms with Crippen LogP contribution in [0.3, 0.4) is 0 Å². The van der Waals surface area contributed by atoms with Crippen LogP contribution in [-0.4, -0.2) is 14.7 Å². The lowest BCUT2D eigenvalue weighted by molar-refractivity contribution is 0.603. The van der Waals surface area contributed by atoms with Gasteiger partial charge in [-0.3, -0.25) is 0 Å². The predicted molar refractivity (Wildman–Crippen MR) is 70.9 cm³/mol. The summed E-state index contributed by atoms with van der Waals surface area (Å²) in [6.07, 6.45) is 0.938.